The number of nitrogens with two attached hydrogens (primary N) is 2. The first kappa shape index (κ1) is 9.80. The van der Waals surface area contributed by atoms with Crippen LogP contribution in [-0.4, -0.2) is 4.98 Å². The highest BCUT2D eigenvalue weighted by atomic mass is 15.3. The van der Waals surface area contributed by atoms with Crippen LogP contribution in [0.15, 0.2) is 12.3 Å². The molecule has 4 heteroatoms. The molecule has 0 aliphatic rings. The first-order valence-corrected chi connectivity index (χ1v) is 4.18. The van der Waals surface area contributed by atoms with E-state index >= 15 is 0 Å². The number of pyridine rings is 1. The molecule has 0 radical (unpaired) electrons. The largest absolute Gasteiger partial charge is 0.396 e. The molecular formula is C9H16N4. The number of nitrogens with one attached hydrogen (secondary N) is 1. The molecule has 5 N–H and O–H groups in total. The maximum absolute atomic E-state index is 5.72. The number of rotatable bonds is 1. The molecule has 72 valence electrons. The van der Waals surface area contributed by atoms with E-state index in [-0.39, 0.29) is 5.41 Å². The van der Waals surface area contributed by atoms with Crippen molar-refractivity contribution in [2.24, 2.45) is 5.84 Å². The predicted octanol–water partition coefficient (Wildman–Crippen LogP) is 1.25. The topological polar surface area (TPSA) is 77.0 Å². The molecule has 1 heterocycles. The van der Waals surface area contributed by atoms with Gasteiger partial charge in [0, 0.05) is 6.20 Å². The van der Waals surface area contributed by atoms with Crippen LogP contribution < -0.4 is 17.0 Å². The van der Waals surface area contributed by atoms with Crippen LogP contribution in [-0.2, 0) is 5.41 Å². The van der Waals surface area contributed by atoms with Gasteiger partial charge in [-0.3, -0.25) is 0 Å². The van der Waals surface area contributed by atoms with Crippen molar-refractivity contribution in [3.8, 4) is 0 Å². The summed E-state index contributed by atoms with van der Waals surface area (Å²) in [4.78, 5) is 4.10. The standard InChI is InChI=1S/C9H16N4/c1-9(2,3)6-4-7(10)8(13-11)12-5-6/h4-5H,10-11H2,1-3H3,(H,12,13). The number of anilines is 2. The van der Waals surface area contributed by atoms with Crippen molar-refractivity contribution in [1.82, 2.24) is 4.98 Å². The molecule has 0 aromatic carbocycles. The monoisotopic (exact) mass is 180 g/mol. The van der Waals surface area contributed by atoms with Crippen LogP contribution >= 0.6 is 0 Å². The summed E-state index contributed by atoms with van der Waals surface area (Å²) in [5.74, 6) is 5.74. The van der Waals surface area contributed by atoms with Gasteiger partial charge in [-0.05, 0) is 17.0 Å². The minimum Gasteiger partial charge on any atom is -0.396 e. The van der Waals surface area contributed by atoms with Crippen LogP contribution in [0.1, 0.15) is 26.3 Å². The molecule has 0 aliphatic carbocycles. The maximum Gasteiger partial charge on any atom is 0.163 e. The van der Waals surface area contributed by atoms with Crippen LogP contribution in [0.25, 0.3) is 0 Å². The van der Waals surface area contributed by atoms with E-state index in [9.17, 15) is 0 Å². The van der Waals surface area contributed by atoms with Crippen molar-refractivity contribution < 1.29 is 0 Å². The third kappa shape index (κ3) is 2.09. The molecule has 0 fully saturated rings. The van der Waals surface area contributed by atoms with E-state index in [1.165, 1.54) is 0 Å². The van der Waals surface area contributed by atoms with Crippen molar-refractivity contribution in [3.05, 3.63) is 17.8 Å². The van der Waals surface area contributed by atoms with Crippen LogP contribution in [0.4, 0.5) is 11.5 Å². The molecule has 0 saturated carbocycles. The van der Waals surface area contributed by atoms with Crippen LogP contribution in [0.5, 0.6) is 0 Å². The van der Waals surface area contributed by atoms with E-state index in [0.717, 1.165) is 5.56 Å². The van der Waals surface area contributed by atoms with Gasteiger partial charge in [0.1, 0.15) is 0 Å². The van der Waals surface area contributed by atoms with Gasteiger partial charge >= 0.3 is 0 Å². The Hall–Kier alpha value is -1.29. The second kappa shape index (κ2) is 3.22. The van der Waals surface area contributed by atoms with Crippen molar-refractivity contribution in [2.45, 2.75) is 26.2 Å². The van der Waals surface area contributed by atoms with Gasteiger partial charge in [-0.15, -0.1) is 0 Å². The second-order valence-corrected chi connectivity index (χ2v) is 4.06. The summed E-state index contributed by atoms with van der Waals surface area (Å²) < 4.78 is 0. The van der Waals surface area contributed by atoms with Gasteiger partial charge in [0.25, 0.3) is 0 Å². The number of aromatic nitrogens is 1. The van der Waals surface area contributed by atoms with Gasteiger partial charge in [0.05, 0.1) is 5.69 Å². The smallest absolute Gasteiger partial charge is 0.163 e. The quantitative estimate of drug-likeness (QED) is 0.449. The number of hydrogen-bond donors (Lipinski definition) is 3. The molecule has 1 aromatic heterocycles. The minimum atomic E-state index is 0.0637. The lowest BCUT2D eigenvalue weighted by Gasteiger charge is -2.19. The molecule has 13 heavy (non-hydrogen) atoms. The normalized spacial score (nSPS) is 11.4. The summed E-state index contributed by atoms with van der Waals surface area (Å²) in [6.07, 6.45) is 1.78. The summed E-state index contributed by atoms with van der Waals surface area (Å²) in [7, 11) is 0. The zero-order valence-corrected chi connectivity index (χ0v) is 8.26. The number of hydrogen-bond acceptors (Lipinski definition) is 4. The van der Waals surface area contributed by atoms with Crippen molar-refractivity contribution >= 4 is 11.5 Å². The SMILES string of the molecule is CC(C)(C)c1cnc(NN)c(N)c1. The van der Waals surface area contributed by atoms with Gasteiger partial charge in [-0.25, -0.2) is 10.8 Å². The first-order chi connectivity index (χ1) is 5.95. The van der Waals surface area contributed by atoms with Crippen LogP contribution in [0.3, 0.4) is 0 Å². The lowest BCUT2D eigenvalue weighted by molar-refractivity contribution is 0.588. The number of nitrogens with zero attached hydrogens (tertiary/aromatic N) is 1. The van der Waals surface area contributed by atoms with Crippen LogP contribution in [0, 0.1) is 0 Å². The lowest BCUT2D eigenvalue weighted by atomic mass is 9.88. The van der Waals surface area contributed by atoms with E-state index < -0.39 is 0 Å². The van der Waals surface area contributed by atoms with Gasteiger partial charge in [0.15, 0.2) is 5.82 Å². The Kier molecular flexibility index (Phi) is 2.43. The Labute approximate surface area is 78.3 Å². The van der Waals surface area contributed by atoms with Gasteiger partial charge < -0.3 is 11.2 Å². The lowest BCUT2D eigenvalue weighted by Crippen LogP contribution is -2.15. The highest BCUT2D eigenvalue weighted by Gasteiger charge is 2.15. The molecule has 0 atom stereocenters. The fourth-order valence-electron chi connectivity index (χ4n) is 1.01. The van der Waals surface area contributed by atoms with Crippen molar-refractivity contribution in [3.63, 3.8) is 0 Å². The average Bonchev–Trinajstić information content (AvgIpc) is 2.02. The third-order valence-corrected chi connectivity index (χ3v) is 1.92. The average molecular weight is 180 g/mol. The van der Waals surface area contributed by atoms with Gasteiger partial charge in [0.2, 0.25) is 0 Å². The molecule has 0 aliphatic heterocycles. The molecule has 4 nitrogen and oxygen atoms in total. The summed E-state index contributed by atoms with van der Waals surface area (Å²) in [5.41, 5.74) is 9.90. The molecule has 1 aromatic rings. The molecule has 0 unspecified atom stereocenters. The molecule has 0 amide bonds. The molecular weight excluding hydrogens is 164 g/mol. The predicted molar refractivity (Wildman–Crippen MR) is 55.2 cm³/mol. The third-order valence-electron chi connectivity index (χ3n) is 1.92. The Morgan fingerprint density at radius 3 is 2.38 bits per heavy atom. The summed E-state index contributed by atoms with van der Waals surface area (Å²) in [5, 5.41) is 0. The van der Waals surface area contributed by atoms with Crippen molar-refractivity contribution in [2.75, 3.05) is 11.2 Å². The van der Waals surface area contributed by atoms with E-state index in [1.54, 1.807) is 6.20 Å². The summed E-state index contributed by atoms with van der Waals surface area (Å²) >= 11 is 0. The molecule has 0 saturated heterocycles. The fraction of sp³-hybridized carbons (Fsp3) is 0.444. The van der Waals surface area contributed by atoms with E-state index in [0.29, 0.717) is 11.5 Å². The molecule has 1 rings (SSSR count). The van der Waals surface area contributed by atoms with Gasteiger partial charge in [-0.1, -0.05) is 20.8 Å². The first-order valence-electron chi connectivity index (χ1n) is 4.18. The number of nitrogen functional groups attached to an aromatic ring is 2. The van der Waals surface area contributed by atoms with Gasteiger partial charge in [-0.2, -0.15) is 0 Å². The van der Waals surface area contributed by atoms with Crippen LogP contribution in [0.2, 0.25) is 0 Å². The Morgan fingerprint density at radius 2 is 2.00 bits per heavy atom. The fourth-order valence-corrected chi connectivity index (χ4v) is 1.01. The van der Waals surface area contributed by atoms with E-state index in [1.807, 2.05) is 6.07 Å². The van der Waals surface area contributed by atoms with Crippen molar-refractivity contribution in [1.29, 1.82) is 0 Å². The number of hydrazine groups is 1. The summed E-state index contributed by atoms with van der Waals surface area (Å²) in [6, 6.07) is 1.89. The van der Waals surface area contributed by atoms with E-state index in [2.05, 4.69) is 31.2 Å². The zero-order valence-electron chi connectivity index (χ0n) is 8.26. The molecule has 0 spiro atoms. The second-order valence-electron chi connectivity index (χ2n) is 4.06. The maximum atomic E-state index is 5.72. The Balaban J connectivity index is 3.10. The molecule has 0 bridgehead atoms. The highest BCUT2D eigenvalue weighted by molar-refractivity contribution is 5.61. The summed E-state index contributed by atoms with van der Waals surface area (Å²) in [6.45, 7) is 6.33. The zero-order chi connectivity index (χ0) is 10.1. The Morgan fingerprint density at radius 1 is 1.38 bits per heavy atom. The minimum absolute atomic E-state index is 0.0637. The Bertz CT molecular complexity index is 301. The van der Waals surface area contributed by atoms with E-state index in [4.69, 9.17) is 11.6 Å². The highest BCUT2D eigenvalue weighted by Crippen LogP contribution is 2.25.